The lowest BCUT2D eigenvalue weighted by molar-refractivity contribution is 0.0192. The van der Waals surface area contributed by atoms with E-state index in [-0.39, 0.29) is 25.8 Å². The van der Waals surface area contributed by atoms with Crippen molar-refractivity contribution in [2.75, 3.05) is 26.8 Å². The van der Waals surface area contributed by atoms with Crippen molar-refractivity contribution in [1.29, 1.82) is 0 Å². The minimum Gasteiger partial charge on any atom is -0.454 e. The molecule has 0 aliphatic carbocycles. The van der Waals surface area contributed by atoms with Crippen LogP contribution < -0.4 is 18.9 Å². The molecule has 0 radical (unpaired) electrons. The maximum atomic E-state index is 6.18. The maximum absolute atomic E-state index is 6.18. The predicted octanol–water partition coefficient (Wildman–Crippen LogP) is 3.22. The van der Waals surface area contributed by atoms with Crippen molar-refractivity contribution in [3.05, 3.63) is 47.5 Å². The summed E-state index contributed by atoms with van der Waals surface area (Å²) in [6.45, 7) is 1.93. The summed E-state index contributed by atoms with van der Waals surface area (Å²) in [4.78, 5) is 0. The Labute approximate surface area is 150 Å². The summed E-state index contributed by atoms with van der Waals surface area (Å²) < 4.78 is 34.2. The van der Waals surface area contributed by atoms with Crippen LogP contribution >= 0.6 is 0 Å². The van der Waals surface area contributed by atoms with Crippen LogP contribution in [0.5, 0.6) is 23.0 Å². The molecule has 26 heavy (non-hydrogen) atoms. The third-order valence-corrected chi connectivity index (χ3v) is 5.71. The highest BCUT2D eigenvalue weighted by atomic mass is 16.7. The van der Waals surface area contributed by atoms with Gasteiger partial charge in [0.15, 0.2) is 23.0 Å². The minimum atomic E-state index is 0.0218. The second-order valence-electron chi connectivity index (χ2n) is 7.06. The molecule has 2 aromatic rings. The molecule has 0 spiro atoms. The van der Waals surface area contributed by atoms with Crippen LogP contribution in [-0.2, 0) is 9.47 Å². The van der Waals surface area contributed by atoms with Gasteiger partial charge >= 0.3 is 0 Å². The average Bonchev–Trinajstić information content (AvgIpc) is 3.42. The highest BCUT2D eigenvalue weighted by molar-refractivity contribution is 5.46. The number of benzene rings is 2. The molecule has 0 unspecified atom stereocenters. The average molecular weight is 354 g/mol. The number of fused-ring (bicyclic) bond motifs is 3. The molecular formula is C20H18O6. The standard InChI is InChI=1S/C20H18O6/c1-3-15-17(25-9-23-15)5-11(1)19-13-7-22-20(14(13)8-21-19)12-2-4-16-18(6-12)26-10-24-16/h1-6,13-14,19-20H,7-10H2/t13-,14+,19+,20-. The number of hydrogen-bond donors (Lipinski definition) is 0. The van der Waals surface area contributed by atoms with Crippen molar-refractivity contribution in [3.8, 4) is 23.0 Å². The van der Waals surface area contributed by atoms with Gasteiger partial charge in [-0.25, -0.2) is 0 Å². The highest BCUT2D eigenvalue weighted by Crippen LogP contribution is 2.52. The van der Waals surface area contributed by atoms with Crippen molar-refractivity contribution in [2.45, 2.75) is 12.2 Å². The normalized spacial score (nSPS) is 30.6. The molecule has 2 saturated heterocycles. The molecule has 4 aliphatic rings. The maximum Gasteiger partial charge on any atom is 0.231 e. The largest absolute Gasteiger partial charge is 0.454 e. The predicted molar refractivity (Wildman–Crippen MR) is 89.5 cm³/mol. The molecule has 0 bridgehead atoms. The van der Waals surface area contributed by atoms with Crippen LogP contribution in [-0.4, -0.2) is 26.8 Å². The zero-order valence-electron chi connectivity index (χ0n) is 14.1. The molecule has 0 saturated carbocycles. The fourth-order valence-electron chi connectivity index (χ4n) is 4.41. The van der Waals surface area contributed by atoms with Crippen molar-refractivity contribution >= 4 is 0 Å². The lowest BCUT2D eigenvalue weighted by Gasteiger charge is -2.17. The molecule has 0 N–H and O–H groups in total. The van der Waals surface area contributed by atoms with Crippen LogP contribution in [0.1, 0.15) is 23.3 Å². The van der Waals surface area contributed by atoms with E-state index in [1.807, 2.05) is 24.3 Å². The van der Waals surface area contributed by atoms with Gasteiger partial charge in [0.05, 0.1) is 25.4 Å². The summed E-state index contributed by atoms with van der Waals surface area (Å²) in [5.74, 6) is 3.83. The Morgan fingerprint density at radius 3 is 1.54 bits per heavy atom. The molecule has 6 rings (SSSR count). The second-order valence-corrected chi connectivity index (χ2v) is 7.06. The Hall–Kier alpha value is -2.44. The van der Waals surface area contributed by atoms with Gasteiger partial charge in [-0.1, -0.05) is 12.1 Å². The van der Waals surface area contributed by atoms with Gasteiger partial charge in [0, 0.05) is 11.8 Å². The molecule has 4 aliphatic heterocycles. The highest BCUT2D eigenvalue weighted by Gasteiger charge is 2.48. The van der Waals surface area contributed by atoms with E-state index in [1.54, 1.807) is 0 Å². The Kier molecular flexibility index (Phi) is 3.12. The Morgan fingerprint density at radius 1 is 0.577 bits per heavy atom. The first-order valence-corrected chi connectivity index (χ1v) is 8.89. The van der Waals surface area contributed by atoms with E-state index >= 15 is 0 Å². The summed E-state index contributed by atoms with van der Waals surface area (Å²) >= 11 is 0. The number of rotatable bonds is 2. The number of ether oxygens (including phenoxy) is 6. The Morgan fingerprint density at radius 2 is 1.04 bits per heavy atom. The van der Waals surface area contributed by atoms with Crippen molar-refractivity contribution in [2.24, 2.45) is 11.8 Å². The zero-order chi connectivity index (χ0) is 17.1. The molecule has 2 aromatic carbocycles. The van der Waals surface area contributed by atoms with Gasteiger partial charge < -0.3 is 28.4 Å². The summed E-state index contributed by atoms with van der Waals surface area (Å²) in [5.41, 5.74) is 2.24. The third-order valence-electron chi connectivity index (χ3n) is 5.71. The Balaban J connectivity index is 1.27. The summed E-state index contributed by atoms with van der Waals surface area (Å²) in [7, 11) is 0. The van der Waals surface area contributed by atoms with E-state index in [4.69, 9.17) is 28.4 Å². The molecule has 134 valence electrons. The Bertz CT molecular complexity index is 794. The molecule has 4 heterocycles. The lowest BCUT2D eigenvalue weighted by Crippen LogP contribution is -2.14. The zero-order valence-corrected chi connectivity index (χ0v) is 14.1. The van der Waals surface area contributed by atoms with Gasteiger partial charge in [0.2, 0.25) is 13.6 Å². The summed E-state index contributed by atoms with van der Waals surface area (Å²) in [5, 5.41) is 0. The van der Waals surface area contributed by atoms with Crippen LogP contribution in [0.3, 0.4) is 0 Å². The fraction of sp³-hybridized carbons (Fsp3) is 0.400. The van der Waals surface area contributed by atoms with E-state index in [0.717, 1.165) is 34.1 Å². The molecule has 6 heteroatoms. The van der Waals surface area contributed by atoms with Crippen molar-refractivity contribution in [3.63, 3.8) is 0 Å². The molecular weight excluding hydrogens is 336 g/mol. The van der Waals surface area contributed by atoms with Gasteiger partial charge in [0.1, 0.15) is 0 Å². The van der Waals surface area contributed by atoms with Gasteiger partial charge in [-0.3, -0.25) is 0 Å². The van der Waals surface area contributed by atoms with Gasteiger partial charge in [-0.2, -0.15) is 0 Å². The van der Waals surface area contributed by atoms with Crippen LogP contribution in [0.2, 0.25) is 0 Å². The van der Waals surface area contributed by atoms with Crippen LogP contribution in [0.4, 0.5) is 0 Å². The molecule has 4 atom stereocenters. The number of hydrogen-bond acceptors (Lipinski definition) is 6. The van der Waals surface area contributed by atoms with Gasteiger partial charge in [-0.05, 0) is 35.4 Å². The van der Waals surface area contributed by atoms with Gasteiger partial charge in [-0.15, -0.1) is 0 Å². The first-order chi connectivity index (χ1) is 12.9. The van der Waals surface area contributed by atoms with Crippen molar-refractivity contribution in [1.82, 2.24) is 0 Å². The topological polar surface area (TPSA) is 55.4 Å². The SMILES string of the molecule is c1cc2c(cc1[C@H]1OC[C@@H]3[C@@H]1CO[C@H]3c1ccc3c(c1)OCO3)OCO2. The van der Waals surface area contributed by atoms with E-state index in [0.29, 0.717) is 25.0 Å². The van der Waals surface area contributed by atoms with Crippen molar-refractivity contribution < 1.29 is 28.4 Å². The molecule has 6 nitrogen and oxygen atoms in total. The second kappa shape index (κ2) is 5.53. The minimum absolute atomic E-state index is 0.0218. The fourth-order valence-corrected chi connectivity index (χ4v) is 4.41. The van der Waals surface area contributed by atoms with Crippen LogP contribution in [0.15, 0.2) is 36.4 Å². The first kappa shape index (κ1) is 14.7. The van der Waals surface area contributed by atoms with E-state index in [1.165, 1.54) is 0 Å². The first-order valence-electron chi connectivity index (χ1n) is 8.89. The monoisotopic (exact) mass is 354 g/mol. The smallest absolute Gasteiger partial charge is 0.231 e. The molecule has 0 amide bonds. The quantitative estimate of drug-likeness (QED) is 0.825. The summed E-state index contributed by atoms with van der Waals surface area (Å²) in [6.07, 6.45) is 0.0435. The third kappa shape index (κ3) is 2.12. The van der Waals surface area contributed by atoms with Crippen LogP contribution in [0, 0.1) is 11.8 Å². The van der Waals surface area contributed by atoms with E-state index in [9.17, 15) is 0 Å². The molecule has 0 aromatic heterocycles. The lowest BCUT2D eigenvalue weighted by atomic mass is 9.85. The van der Waals surface area contributed by atoms with Gasteiger partial charge in [0.25, 0.3) is 0 Å². The molecule has 2 fully saturated rings. The van der Waals surface area contributed by atoms with E-state index < -0.39 is 0 Å². The van der Waals surface area contributed by atoms with Crippen LogP contribution in [0.25, 0.3) is 0 Å². The summed E-state index contributed by atoms with van der Waals surface area (Å²) in [6, 6.07) is 12.1. The van der Waals surface area contributed by atoms with E-state index in [2.05, 4.69) is 12.1 Å².